The predicted octanol–water partition coefficient (Wildman–Crippen LogP) is 4.13. The number of nitrogens with one attached hydrogen (secondary N) is 1. The van der Waals surface area contributed by atoms with Crippen LogP contribution in [-0.2, 0) is 13.2 Å². The molecule has 2 heterocycles. The van der Waals surface area contributed by atoms with Gasteiger partial charge in [-0.25, -0.2) is 9.67 Å². The lowest BCUT2D eigenvalue weighted by atomic mass is 10.2. The Morgan fingerprint density at radius 2 is 1.84 bits per heavy atom. The van der Waals surface area contributed by atoms with Crippen LogP contribution in [0.3, 0.4) is 0 Å². The number of halogens is 1. The summed E-state index contributed by atoms with van der Waals surface area (Å²) in [4.78, 5) is 20.8. The van der Waals surface area contributed by atoms with Gasteiger partial charge in [-0.15, -0.1) is 5.10 Å². The van der Waals surface area contributed by atoms with Crippen molar-refractivity contribution < 1.29 is 9.53 Å². The van der Waals surface area contributed by atoms with Crippen LogP contribution in [0.1, 0.15) is 27.6 Å². The minimum Gasteiger partial charge on any atom is -0.489 e. The van der Waals surface area contributed by atoms with Crippen molar-refractivity contribution in [1.82, 2.24) is 25.1 Å². The number of hydrogen-bond acceptors (Lipinski definition) is 5. The molecule has 1 amide bonds. The first-order valence-electron chi connectivity index (χ1n) is 9.67. The quantitative estimate of drug-likeness (QED) is 0.473. The summed E-state index contributed by atoms with van der Waals surface area (Å²) in [7, 11) is 0. The molecule has 1 N–H and O–H groups in total. The van der Waals surface area contributed by atoms with Gasteiger partial charge < -0.3 is 10.1 Å². The third-order valence-electron chi connectivity index (χ3n) is 4.55. The second-order valence-corrected chi connectivity index (χ2v) is 7.28. The summed E-state index contributed by atoms with van der Waals surface area (Å²) >= 11 is 5.93. The first kappa shape index (κ1) is 20.6. The molecule has 8 heteroatoms. The molecule has 2 aromatic heterocycles. The molecule has 0 unspecified atom stereocenters. The first-order chi connectivity index (χ1) is 15.1. The van der Waals surface area contributed by atoms with Gasteiger partial charge in [0, 0.05) is 29.5 Å². The topological polar surface area (TPSA) is 81.9 Å². The van der Waals surface area contributed by atoms with Gasteiger partial charge in [0.2, 0.25) is 5.82 Å². The van der Waals surface area contributed by atoms with E-state index in [1.54, 1.807) is 36.1 Å². The molecule has 0 fully saturated rings. The number of hydrogen-bond donors (Lipinski definition) is 1. The van der Waals surface area contributed by atoms with Crippen molar-refractivity contribution in [2.45, 2.75) is 20.1 Å². The highest BCUT2D eigenvalue weighted by Gasteiger charge is 2.15. The molecule has 0 aliphatic rings. The summed E-state index contributed by atoms with van der Waals surface area (Å²) < 4.78 is 7.36. The van der Waals surface area contributed by atoms with E-state index in [9.17, 15) is 4.79 Å². The Kier molecular flexibility index (Phi) is 6.24. The maximum Gasteiger partial charge on any atom is 0.291 e. The van der Waals surface area contributed by atoms with Crippen LogP contribution >= 0.6 is 11.6 Å². The lowest BCUT2D eigenvalue weighted by molar-refractivity contribution is 0.0940. The van der Waals surface area contributed by atoms with Crippen molar-refractivity contribution in [3.05, 3.63) is 101 Å². The third kappa shape index (κ3) is 5.26. The van der Waals surface area contributed by atoms with Gasteiger partial charge in [0.15, 0.2) is 0 Å². The van der Waals surface area contributed by atoms with E-state index in [1.165, 1.54) is 0 Å². The van der Waals surface area contributed by atoms with Crippen molar-refractivity contribution in [3.8, 4) is 11.4 Å². The Labute approximate surface area is 184 Å². The molecule has 0 bridgehead atoms. The van der Waals surface area contributed by atoms with E-state index in [4.69, 9.17) is 16.3 Å². The van der Waals surface area contributed by atoms with Gasteiger partial charge in [-0.05, 0) is 55.0 Å². The van der Waals surface area contributed by atoms with Crippen molar-refractivity contribution in [1.29, 1.82) is 0 Å². The molecule has 0 atom stereocenters. The first-order valence-corrected chi connectivity index (χ1v) is 10.0. The summed E-state index contributed by atoms with van der Waals surface area (Å²) in [5.74, 6) is 1.14. The van der Waals surface area contributed by atoms with E-state index in [1.807, 2.05) is 48.5 Å². The average molecular weight is 434 g/mol. The maximum atomic E-state index is 12.5. The van der Waals surface area contributed by atoms with Gasteiger partial charge in [-0.1, -0.05) is 29.8 Å². The van der Waals surface area contributed by atoms with E-state index in [0.717, 1.165) is 22.6 Å². The molecule has 0 saturated heterocycles. The van der Waals surface area contributed by atoms with Crippen LogP contribution in [0.25, 0.3) is 5.69 Å². The zero-order valence-electron chi connectivity index (χ0n) is 16.8. The minimum atomic E-state index is -0.340. The summed E-state index contributed by atoms with van der Waals surface area (Å²) in [6, 6.07) is 18.6. The molecule has 156 valence electrons. The molecule has 0 saturated carbocycles. The SMILES string of the molecule is Cc1nc(C(=O)NCc2ccc(OCc3cccnc3)cc2)nn1-c1ccc(Cl)cc1. The van der Waals surface area contributed by atoms with Crippen LogP contribution < -0.4 is 10.1 Å². The van der Waals surface area contributed by atoms with Gasteiger partial charge in [0.25, 0.3) is 5.91 Å². The third-order valence-corrected chi connectivity index (χ3v) is 4.80. The van der Waals surface area contributed by atoms with E-state index in [-0.39, 0.29) is 11.7 Å². The van der Waals surface area contributed by atoms with Crippen molar-refractivity contribution in [2.24, 2.45) is 0 Å². The summed E-state index contributed by atoms with van der Waals surface area (Å²) in [5, 5.41) is 7.79. The Balaban J connectivity index is 1.33. The predicted molar refractivity (Wildman–Crippen MR) is 117 cm³/mol. The number of benzene rings is 2. The zero-order valence-corrected chi connectivity index (χ0v) is 17.6. The lowest BCUT2D eigenvalue weighted by Gasteiger charge is -2.07. The lowest BCUT2D eigenvalue weighted by Crippen LogP contribution is -2.24. The second kappa shape index (κ2) is 9.40. The number of carbonyl (C=O) groups excluding carboxylic acids is 1. The number of ether oxygens (including phenoxy) is 1. The number of amides is 1. The van der Waals surface area contributed by atoms with E-state index in [0.29, 0.717) is 24.0 Å². The summed E-state index contributed by atoms with van der Waals surface area (Å²) in [6.45, 7) is 2.60. The van der Waals surface area contributed by atoms with Gasteiger partial charge >= 0.3 is 0 Å². The molecule has 0 spiro atoms. The number of aromatic nitrogens is 4. The fourth-order valence-electron chi connectivity index (χ4n) is 2.93. The molecule has 0 aliphatic carbocycles. The van der Waals surface area contributed by atoms with Crippen LogP contribution in [0, 0.1) is 6.92 Å². The van der Waals surface area contributed by atoms with Crippen LogP contribution in [0.5, 0.6) is 5.75 Å². The van der Waals surface area contributed by atoms with Crippen LogP contribution in [0.4, 0.5) is 0 Å². The standard InChI is InChI=1S/C23H20ClN5O2/c1-16-27-22(28-29(16)20-8-6-19(24)7-9-20)23(30)26-14-17-4-10-21(11-5-17)31-15-18-3-2-12-25-13-18/h2-13H,14-15H2,1H3,(H,26,30). The highest BCUT2D eigenvalue weighted by atomic mass is 35.5. The molecule has 7 nitrogen and oxygen atoms in total. The number of rotatable bonds is 7. The van der Waals surface area contributed by atoms with Gasteiger partial charge in [-0.3, -0.25) is 9.78 Å². The van der Waals surface area contributed by atoms with E-state index >= 15 is 0 Å². The molecule has 0 radical (unpaired) electrons. The van der Waals surface area contributed by atoms with E-state index in [2.05, 4.69) is 20.4 Å². The van der Waals surface area contributed by atoms with Crippen molar-refractivity contribution in [2.75, 3.05) is 0 Å². The highest BCUT2D eigenvalue weighted by Crippen LogP contribution is 2.15. The Hall–Kier alpha value is -3.71. The average Bonchev–Trinajstić information content (AvgIpc) is 3.19. The molecule has 31 heavy (non-hydrogen) atoms. The Morgan fingerprint density at radius 3 is 2.55 bits per heavy atom. The van der Waals surface area contributed by atoms with Crippen LogP contribution in [0.15, 0.2) is 73.1 Å². The Bertz CT molecular complexity index is 1160. The van der Waals surface area contributed by atoms with Gasteiger partial charge in [-0.2, -0.15) is 0 Å². The largest absolute Gasteiger partial charge is 0.489 e. The number of pyridine rings is 1. The highest BCUT2D eigenvalue weighted by molar-refractivity contribution is 6.30. The fraction of sp³-hybridized carbons (Fsp3) is 0.130. The fourth-order valence-corrected chi connectivity index (χ4v) is 3.05. The van der Waals surface area contributed by atoms with Crippen molar-refractivity contribution >= 4 is 17.5 Å². The van der Waals surface area contributed by atoms with E-state index < -0.39 is 0 Å². The number of aryl methyl sites for hydroxylation is 1. The smallest absolute Gasteiger partial charge is 0.291 e. The summed E-state index contributed by atoms with van der Waals surface area (Å²) in [6.07, 6.45) is 3.50. The molecular weight excluding hydrogens is 414 g/mol. The molecule has 0 aliphatic heterocycles. The molecular formula is C23H20ClN5O2. The zero-order chi connectivity index (χ0) is 21.6. The molecule has 2 aromatic carbocycles. The number of carbonyl (C=O) groups is 1. The molecule has 4 aromatic rings. The van der Waals surface area contributed by atoms with Crippen molar-refractivity contribution in [3.63, 3.8) is 0 Å². The molecule has 4 rings (SSSR count). The van der Waals surface area contributed by atoms with Gasteiger partial charge in [0.05, 0.1) is 5.69 Å². The normalized spacial score (nSPS) is 10.6. The monoisotopic (exact) mass is 433 g/mol. The minimum absolute atomic E-state index is 0.115. The number of nitrogens with zero attached hydrogens (tertiary/aromatic N) is 4. The summed E-state index contributed by atoms with van der Waals surface area (Å²) in [5.41, 5.74) is 2.73. The van der Waals surface area contributed by atoms with Crippen LogP contribution in [0.2, 0.25) is 5.02 Å². The van der Waals surface area contributed by atoms with Gasteiger partial charge in [0.1, 0.15) is 18.2 Å². The van der Waals surface area contributed by atoms with Crippen LogP contribution in [-0.4, -0.2) is 25.7 Å². The maximum absolute atomic E-state index is 12.5. The second-order valence-electron chi connectivity index (χ2n) is 6.85. The Morgan fingerprint density at radius 1 is 1.06 bits per heavy atom.